The number of thiazole rings is 1. The van der Waals surface area contributed by atoms with Crippen molar-refractivity contribution in [3.8, 4) is 10.4 Å². The summed E-state index contributed by atoms with van der Waals surface area (Å²) in [5.41, 5.74) is 3.95. The van der Waals surface area contributed by atoms with Gasteiger partial charge in [0.25, 0.3) is 5.91 Å². The number of amides is 4. The van der Waals surface area contributed by atoms with Gasteiger partial charge in [-0.3, -0.25) is 28.8 Å². The zero-order chi connectivity index (χ0) is 39.8. The number of nitrogens with zero attached hydrogens (tertiary/aromatic N) is 4. The van der Waals surface area contributed by atoms with Crippen molar-refractivity contribution < 1.29 is 28.7 Å². The molecule has 1 saturated heterocycles. The van der Waals surface area contributed by atoms with E-state index in [1.54, 1.807) is 38.8 Å². The van der Waals surface area contributed by atoms with Crippen LogP contribution in [0.25, 0.3) is 10.4 Å². The summed E-state index contributed by atoms with van der Waals surface area (Å²) in [6.07, 6.45) is 8.98. The molecule has 3 aromatic rings. The topological polar surface area (TPSA) is 157 Å². The summed E-state index contributed by atoms with van der Waals surface area (Å²) >= 11 is 1.57. The van der Waals surface area contributed by atoms with Crippen LogP contribution >= 0.6 is 11.3 Å². The molecule has 1 saturated carbocycles. The highest BCUT2D eigenvalue weighted by Gasteiger charge is 2.53. The van der Waals surface area contributed by atoms with Gasteiger partial charge in [0.2, 0.25) is 17.7 Å². The maximum absolute atomic E-state index is 13.8. The highest BCUT2D eigenvalue weighted by atomic mass is 32.1. The van der Waals surface area contributed by atoms with Gasteiger partial charge in [0.05, 0.1) is 35.3 Å². The minimum absolute atomic E-state index is 0.0781. The third-order valence-corrected chi connectivity index (χ3v) is 11.4. The lowest BCUT2D eigenvalue weighted by Gasteiger charge is -2.57. The van der Waals surface area contributed by atoms with Crippen LogP contribution in [0.1, 0.15) is 96.5 Å². The van der Waals surface area contributed by atoms with E-state index in [1.807, 2.05) is 51.2 Å². The fourth-order valence-electron chi connectivity index (χ4n) is 8.12. The normalized spacial score (nSPS) is 18.4. The van der Waals surface area contributed by atoms with Crippen molar-refractivity contribution in [2.75, 3.05) is 33.0 Å². The van der Waals surface area contributed by atoms with Crippen LogP contribution in [0, 0.1) is 16.2 Å². The van der Waals surface area contributed by atoms with E-state index in [0.29, 0.717) is 64.3 Å². The Morgan fingerprint density at radius 1 is 0.982 bits per heavy atom. The number of ether oxygens (including phenoxy) is 2. The monoisotopic (exact) mass is 777 g/mol. The number of carbonyl (C=O) groups is 4. The third kappa shape index (κ3) is 11.2. The molecular formula is C41H59N7O6S. The maximum atomic E-state index is 13.8. The predicted molar refractivity (Wildman–Crippen MR) is 212 cm³/mol. The number of nitrogens with one attached hydrogen (secondary N) is 3. The largest absolute Gasteiger partial charge is 0.380 e. The van der Waals surface area contributed by atoms with E-state index in [0.717, 1.165) is 28.8 Å². The molecule has 5 rings (SSSR count). The van der Waals surface area contributed by atoms with Crippen LogP contribution < -0.4 is 16.0 Å². The Labute approximate surface area is 329 Å². The summed E-state index contributed by atoms with van der Waals surface area (Å²) in [5.74, 6) is -0.939. The lowest BCUT2D eigenvalue weighted by atomic mass is 9.52. The van der Waals surface area contributed by atoms with Gasteiger partial charge in [0.15, 0.2) is 0 Å². The lowest BCUT2D eigenvalue weighted by molar-refractivity contribution is -0.144. The van der Waals surface area contributed by atoms with E-state index in [2.05, 4.69) is 53.7 Å². The summed E-state index contributed by atoms with van der Waals surface area (Å²) in [6.45, 7) is 17.0. The van der Waals surface area contributed by atoms with Gasteiger partial charge in [0.1, 0.15) is 18.7 Å². The van der Waals surface area contributed by atoms with Gasteiger partial charge in [0, 0.05) is 44.7 Å². The van der Waals surface area contributed by atoms with Gasteiger partial charge >= 0.3 is 0 Å². The molecule has 3 N–H and O–H groups in total. The molecule has 55 heavy (non-hydrogen) atoms. The zero-order valence-electron chi connectivity index (χ0n) is 33.5. The van der Waals surface area contributed by atoms with E-state index < -0.39 is 17.5 Å². The highest BCUT2D eigenvalue weighted by molar-refractivity contribution is 7.13. The second-order valence-electron chi connectivity index (χ2n) is 17.3. The molecule has 1 aliphatic carbocycles. The number of benzene rings is 1. The Hall–Kier alpha value is -4.14. The van der Waals surface area contributed by atoms with Gasteiger partial charge in [-0.05, 0) is 59.5 Å². The number of aromatic nitrogens is 3. The second kappa shape index (κ2) is 18.2. The Morgan fingerprint density at radius 3 is 2.35 bits per heavy atom. The molecule has 14 heteroatoms. The third-order valence-electron chi connectivity index (χ3n) is 10.6. The first kappa shape index (κ1) is 42.0. The van der Waals surface area contributed by atoms with E-state index >= 15 is 0 Å². The molecule has 4 amide bonds. The van der Waals surface area contributed by atoms with Crippen LogP contribution in [0.2, 0.25) is 0 Å². The molecule has 13 nitrogen and oxygen atoms in total. The predicted octanol–water partition coefficient (Wildman–Crippen LogP) is 5.21. The molecule has 2 atom stereocenters. The van der Waals surface area contributed by atoms with Crippen molar-refractivity contribution in [2.45, 2.75) is 112 Å². The van der Waals surface area contributed by atoms with Crippen molar-refractivity contribution in [1.82, 2.24) is 35.6 Å². The van der Waals surface area contributed by atoms with Gasteiger partial charge in [-0.25, -0.2) is 0 Å². The number of rotatable bonds is 18. The minimum Gasteiger partial charge on any atom is -0.380 e. The summed E-state index contributed by atoms with van der Waals surface area (Å²) in [5, 5.41) is 13.4. The molecule has 1 aromatic carbocycles. The first-order valence-corrected chi connectivity index (χ1v) is 20.3. The molecule has 2 fully saturated rings. The first-order valence-electron chi connectivity index (χ1n) is 19.4. The molecule has 0 radical (unpaired) electrons. The molecule has 0 spiro atoms. The van der Waals surface area contributed by atoms with Crippen molar-refractivity contribution in [3.05, 3.63) is 59.5 Å². The van der Waals surface area contributed by atoms with E-state index in [-0.39, 0.29) is 47.1 Å². The fourth-order valence-corrected chi connectivity index (χ4v) is 8.75. The van der Waals surface area contributed by atoms with Crippen molar-refractivity contribution in [1.29, 1.82) is 0 Å². The number of hydrogen-bond donors (Lipinski definition) is 3. The van der Waals surface area contributed by atoms with Crippen LogP contribution in [0.3, 0.4) is 0 Å². The summed E-state index contributed by atoms with van der Waals surface area (Å²) in [4.78, 5) is 59.7. The molecule has 0 bridgehead atoms. The van der Waals surface area contributed by atoms with Gasteiger partial charge in [-0.15, -0.1) is 11.3 Å². The molecule has 3 heterocycles. The number of hydrogen-bond acceptors (Lipinski definition) is 9. The molecule has 0 unspecified atom stereocenters. The highest BCUT2D eigenvalue weighted by Crippen LogP contribution is 2.53. The Morgan fingerprint density at radius 2 is 1.69 bits per heavy atom. The quantitative estimate of drug-likeness (QED) is 0.149. The average molecular weight is 778 g/mol. The number of unbranched alkanes of at least 4 members (excludes halogenated alkanes) is 1. The van der Waals surface area contributed by atoms with Crippen molar-refractivity contribution in [2.24, 2.45) is 16.2 Å². The van der Waals surface area contributed by atoms with Crippen molar-refractivity contribution >= 4 is 35.0 Å². The van der Waals surface area contributed by atoms with Crippen LogP contribution in [0.15, 0.2) is 48.4 Å². The number of carbonyl (C=O) groups excluding carboxylic acids is 4. The van der Waals surface area contributed by atoms with Gasteiger partial charge in [-0.1, -0.05) is 72.7 Å². The molecule has 300 valence electrons. The first-order chi connectivity index (χ1) is 26.0. The SMILES string of the molecule is CC1(C)CC(C)(C)C1NC(=O)c1cnn(CCOCCCCOCC(=O)N[C@H](C(=O)N2CCC[C@H]2C(=O)NCc2ccc(-c3cncs3)cc2)C(C)(C)C)c1. The molecular weight excluding hydrogens is 719 g/mol. The lowest BCUT2D eigenvalue weighted by Crippen LogP contribution is -2.63. The van der Waals surface area contributed by atoms with Crippen LogP contribution in [0.4, 0.5) is 0 Å². The van der Waals surface area contributed by atoms with Crippen LogP contribution in [-0.4, -0.2) is 94.4 Å². The Kier molecular flexibility index (Phi) is 13.9. The molecule has 1 aliphatic heterocycles. The Balaban J connectivity index is 0.963. The molecule has 2 aliphatic rings. The van der Waals surface area contributed by atoms with Crippen LogP contribution in [-0.2, 0) is 36.9 Å². The average Bonchev–Trinajstić information content (AvgIpc) is 3.93. The minimum atomic E-state index is -0.813. The van der Waals surface area contributed by atoms with E-state index in [1.165, 1.54) is 0 Å². The van der Waals surface area contributed by atoms with Crippen molar-refractivity contribution in [3.63, 3.8) is 0 Å². The van der Waals surface area contributed by atoms with E-state index in [4.69, 9.17) is 9.47 Å². The Bertz CT molecular complexity index is 1730. The maximum Gasteiger partial charge on any atom is 0.254 e. The van der Waals surface area contributed by atoms with Gasteiger partial charge < -0.3 is 30.3 Å². The molecule has 2 aromatic heterocycles. The zero-order valence-corrected chi connectivity index (χ0v) is 34.3. The smallest absolute Gasteiger partial charge is 0.254 e. The summed E-state index contributed by atoms with van der Waals surface area (Å²) < 4.78 is 13.1. The van der Waals surface area contributed by atoms with Gasteiger partial charge in [-0.2, -0.15) is 5.10 Å². The van der Waals surface area contributed by atoms with E-state index in [9.17, 15) is 19.2 Å². The standard InChI is InChI=1S/C41H59N7O6S/c1-39(2,3)34(37(52)48-16-10-11-31(48)36(51)43-21-28-12-14-29(15-13-28)32-23-42-27-55-32)45-33(49)25-54-19-9-8-18-53-20-17-47-24-30(22-44-47)35(50)46-38-40(4,5)26-41(38,6)7/h12-15,22-24,27,31,34,38H,8-11,16-21,25-26H2,1-7H3,(H,43,51)(H,45,49)(H,46,50)/t31-,34+/m0/s1. The second-order valence-corrected chi connectivity index (χ2v) is 18.1. The summed E-state index contributed by atoms with van der Waals surface area (Å²) in [6, 6.07) is 6.70. The fraction of sp³-hybridized carbons (Fsp3) is 0.610. The van der Waals surface area contributed by atoms with Crippen LogP contribution in [0.5, 0.6) is 0 Å². The number of likely N-dealkylation sites (tertiary alicyclic amines) is 1. The summed E-state index contributed by atoms with van der Waals surface area (Å²) in [7, 11) is 0.